The number of aromatic nitrogens is 4. The number of aldehydes is 1. The first-order chi connectivity index (χ1) is 6.72. The van der Waals surface area contributed by atoms with Gasteiger partial charge in [0.1, 0.15) is 11.9 Å². The highest BCUT2D eigenvalue weighted by atomic mass is 16.2. The highest BCUT2D eigenvalue weighted by Gasteiger charge is 2.06. The summed E-state index contributed by atoms with van der Waals surface area (Å²) in [6.07, 6.45) is 1.98. The average Bonchev–Trinajstić information content (AvgIpc) is 2.49. The van der Waals surface area contributed by atoms with E-state index in [1.165, 1.54) is 10.9 Å². The maximum atomic E-state index is 11.2. The third kappa shape index (κ3) is 1.15. The van der Waals surface area contributed by atoms with Crippen LogP contribution in [-0.4, -0.2) is 25.8 Å². The second-order valence-corrected chi connectivity index (χ2v) is 2.67. The van der Waals surface area contributed by atoms with Crippen molar-refractivity contribution in [2.75, 3.05) is 0 Å². The third-order valence-electron chi connectivity index (χ3n) is 1.78. The smallest absolute Gasteiger partial charge is 0.309 e. The fourth-order valence-corrected chi connectivity index (χ4v) is 1.20. The highest BCUT2D eigenvalue weighted by molar-refractivity contribution is 5.70. The molecule has 14 heavy (non-hydrogen) atoms. The minimum atomic E-state index is -0.616. The number of fused-ring (bicyclic) bond motifs is 1. The van der Waals surface area contributed by atoms with E-state index in [-0.39, 0.29) is 17.7 Å². The van der Waals surface area contributed by atoms with Crippen LogP contribution in [0.25, 0.3) is 11.2 Å². The molecular formula is C7H6N4O3. The molecular weight excluding hydrogens is 188 g/mol. The van der Waals surface area contributed by atoms with Crippen LogP contribution in [0.15, 0.2) is 15.9 Å². The van der Waals surface area contributed by atoms with E-state index in [4.69, 9.17) is 0 Å². The number of H-pyrrole nitrogens is 2. The molecule has 7 heteroatoms. The fraction of sp³-hybridized carbons (Fsp3) is 0.143. The molecule has 0 saturated carbocycles. The predicted octanol–water partition coefficient (Wildman–Crippen LogP) is -1.39. The van der Waals surface area contributed by atoms with Crippen LogP contribution in [0.4, 0.5) is 0 Å². The molecule has 0 aliphatic rings. The van der Waals surface area contributed by atoms with E-state index >= 15 is 0 Å². The van der Waals surface area contributed by atoms with Gasteiger partial charge in [0, 0.05) is 0 Å². The third-order valence-corrected chi connectivity index (χ3v) is 1.78. The number of nitrogens with zero attached hydrogens (tertiary/aromatic N) is 2. The molecule has 72 valence electrons. The molecule has 0 aromatic carbocycles. The Kier molecular flexibility index (Phi) is 1.77. The van der Waals surface area contributed by atoms with E-state index in [1.807, 2.05) is 4.98 Å². The molecule has 0 fully saturated rings. The number of hydrogen-bond acceptors (Lipinski definition) is 4. The maximum absolute atomic E-state index is 11.2. The summed E-state index contributed by atoms with van der Waals surface area (Å²) in [7, 11) is 0. The van der Waals surface area contributed by atoms with Gasteiger partial charge in [-0.3, -0.25) is 14.8 Å². The zero-order valence-electron chi connectivity index (χ0n) is 6.98. The molecule has 0 aliphatic heterocycles. The lowest BCUT2D eigenvalue weighted by Gasteiger charge is -1.95. The van der Waals surface area contributed by atoms with Crippen molar-refractivity contribution in [3.8, 4) is 0 Å². The standard InChI is InChI=1S/C7H6N4O3/c12-2-1-11-3-8-4-5(11)9-7(14)10-6(4)13/h2-3H,1H2,(H2,9,10,13,14). The zero-order chi connectivity index (χ0) is 10.1. The van der Waals surface area contributed by atoms with Gasteiger partial charge in [-0.05, 0) is 0 Å². The molecule has 2 rings (SSSR count). The van der Waals surface area contributed by atoms with Gasteiger partial charge in [-0.1, -0.05) is 0 Å². The van der Waals surface area contributed by atoms with Gasteiger partial charge in [0.2, 0.25) is 0 Å². The van der Waals surface area contributed by atoms with Crippen molar-refractivity contribution in [3.05, 3.63) is 27.2 Å². The van der Waals surface area contributed by atoms with E-state index in [2.05, 4.69) is 9.97 Å². The highest BCUT2D eigenvalue weighted by Crippen LogP contribution is 2.00. The van der Waals surface area contributed by atoms with E-state index in [1.54, 1.807) is 0 Å². The predicted molar refractivity (Wildman–Crippen MR) is 47.0 cm³/mol. The van der Waals surface area contributed by atoms with Crippen molar-refractivity contribution in [3.63, 3.8) is 0 Å². The minimum absolute atomic E-state index is 0.0515. The van der Waals surface area contributed by atoms with Crippen molar-refractivity contribution < 1.29 is 4.79 Å². The van der Waals surface area contributed by atoms with Gasteiger partial charge < -0.3 is 9.36 Å². The molecule has 0 amide bonds. The van der Waals surface area contributed by atoms with Crippen LogP contribution in [0.3, 0.4) is 0 Å². The van der Waals surface area contributed by atoms with Crippen LogP contribution in [0.1, 0.15) is 0 Å². The molecule has 0 bridgehead atoms. The number of hydrogen-bond donors (Lipinski definition) is 2. The van der Waals surface area contributed by atoms with E-state index in [9.17, 15) is 14.4 Å². The van der Waals surface area contributed by atoms with Gasteiger partial charge in [-0.25, -0.2) is 9.78 Å². The van der Waals surface area contributed by atoms with Crippen LogP contribution in [0, 0.1) is 0 Å². The topological polar surface area (TPSA) is 101 Å². The summed E-state index contributed by atoms with van der Waals surface area (Å²) in [6.45, 7) is 0.0515. The van der Waals surface area contributed by atoms with Crippen molar-refractivity contribution in [2.45, 2.75) is 6.54 Å². The van der Waals surface area contributed by atoms with Crippen molar-refractivity contribution in [2.24, 2.45) is 0 Å². The van der Waals surface area contributed by atoms with Gasteiger partial charge in [0.25, 0.3) is 5.56 Å². The first kappa shape index (κ1) is 8.42. The second kappa shape index (κ2) is 2.95. The van der Waals surface area contributed by atoms with Gasteiger partial charge >= 0.3 is 5.69 Å². The quantitative estimate of drug-likeness (QED) is 0.575. The summed E-state index contributed by atoms with van der Waals surface area (Å²) < 4.78 is 1.39. The molecule has 2 N–H and O–H groups in total. The summed E-state index contributed by atoms with van der Waals surface area (Å²) in [4.78, 5) is 40.6. The SMILES string of the molecule is O=CCn1cnc2c(=O)[nH]c(=O)[nH]c21. The van der Waals surface area contributed by atoms with Crippen LogP contribution >= 0.6 is 0 Å². The van der Waals surface area contributed by atoms with E-state index in [0.29, 0.717) is 6.29 Å². The summed E-state index contributed by atoms with van der Waals surface area (Å²) in [6, 6.07) is 0. The van der Waals surface area contributed by atoms with Crippen LogP contribution < -0.4 is 11.2 Å². The molecule has 2 heterocycles. The molecule has 0 unspecified atom stereocenters. The first-order valence-electron chi connectivity index (χ1n) is 3.83. The maximum Gasteiger partial charge on any atom is 0.327 e. The second-order valence-electron chi connectivity index (χ2n) is 2.67. The van der Waals surface area contributed by atoms with E-state index in [0.717, 1.165) is 0 Å². The lowest BCUT2D eigenvalue weighted by molar-refractivity contribution is -0.108. The Morgan fingerprint density at radius 2 is 2.21 bits per heavy atom. The summed E-state index contributed by atoms with van der Waals surface area (Å²) in [5, 5.41) is 0. The Bertz CT molecular complexity index is 591. The Morgan fingerprint density at radius 3 is 2.93 bits per heavy atom. The fourth-order valence-electron chi connectivity index (χ4n) is 1.20. The Morgan fingerprint density at radius 1 is 1.43 bits per heavy atom. The molecule has 0 saturated heterocycles. The number of carbonyl (C=O) groups is 1. The Labute approximate surface area is 76.4 Å². The van der Waals surface area contributed by atoms with Gasteiger partial charge in [0.05, 0.1) is 12.9 Å². The van der Waals surface area contributed by atoms with Crippen LogP contribution in [0.5, 0.6) is 0 Å². The molecule has 0 atom stereocenters. The number of imidazole rings is 1. The first-order valence-corrected chi connectivity index (χ1v) is 3.83. The minimum Gasteiger partial charge on any atom is -0.309 e. The van der Waals surface area contributed by atoms with Crippen molar-refractivity contribution in [1.29, 1.82) is 0 Å². The lowest BCUT2D eigenvalue weighted by Crippen LogP contribution is -2.22. The Balaban J connectivity index is 2.85. The number of aromatic amines is 2. The zero-order valence-corrected chi connectivity index (χ0v) is 6.98. The van der Waals surface area contributed by atoms with E-state index < -0.39 is 11.2 Å². The monoisotopic (exact) mass is 194 g/mol. The molecule has 2 aromatic heterocycles. The number of rotatable bonds is 2. The van der Waals surface area contributed by atoms with Crippen LogP contribution in [0.2, 0.25) is 0 Å². The van der Waals surface area contributed by atoms with Gasteiger partial charge in [-0.15, -0.1) is 0 Å². The largest absolute Gasteiger partial charge is 0.327 e. The van der Waals surface area contributed by atoms with Crippen molar-refractivity contribution >= 4 is 17.5 Å². The summed E-state index contributed by atoms with van der Waals surface area (Å²) >= 11 is 0. The normalized spacial score (nSPS) is 10.6. The van der Waals surface area contributed by atoms with Gasteiger partial charge in [-0.2, -0.15) is 0 Å². The van der Waals surface area contributed by atoms with Crippen LogP contribution in [-0.2, 0) is 11.3 Å². The molecule has 0 radical (unpaired) electrons. The molecule has 0 aliphatic carbocycles. The summed E-state index contributed by atoms with van der Waals surface area (Å²) in [5.41, 5.74) is -0.805. The average molecular weight is 194 g/mol. The molecule has 0 spiro atoms. The van der Waals surface area contributed by atoms with Crippen molar-refractivity contribution in [1.82, 2.24) is 19.5 Å². The number of nitrogens with one attached hydrogen (secondary N) is 2. The molecule has 2 aromatic rings. The number of carbonyl (C=O) groups excluding carboxylic acids is 1. The molecule has 7 nitrogen and oxygen atoms in total. The Hall–Kier alpha value is -2.18. The lowest BCUT2D eigenvalue weighted by atomic mass is 10.5. The summed E-state index contributed by atoms with van der Waals surface area (Å²) in [5.74, 6) is 0. The van der Waals surface area contributed by atoms with Gasteiger partial charge in [0.15, 0.2) is 5.52 Å².